The molecule has 0 heterocycles. The normalized spacial score (nSPS) is 9.47. The SMILES string of the molecule is CN(C)C(C=CNc1ccc(O)cc1)=C(C#N)C#N. The van der Waals surface area contributed by atoms with Crippen molar-refractivity contribution in [3.05, 3.63) is 47.8 Å². The van der Waals surface area contributed by atoms with E-state index in [4.69, 9.17) is 15.6 Å². The smallest absolute Gasteiger partial charge is 0.152 e. The summed E-state index contributed by atoms with van der Waals surface area (Å²) in [5.74, 6) is 0.194. The van der Waals surface area contributed by atoms with Gasteiger partial charge in [0.2, 0.25) is 0 Å². The molecule has 0 spiro atoms. The van der Waals surface area contributed by atoms with Gasteiger partial charge in [-0.3, -0.25) is 0 Å². The number of phenolic OH excluding ortho intramolecular Hbond substituents is 1. The Morgan fingerprint density at radius 1 is 1.21 bits per heavy atom. The van der Waals surface area contributed by atoms with Gasteiger partial charge in [-0.05, 0) is 30.3 Å². The zero-order chi connectivity index (χ0) is 14.3. The maximum Gasteiger partial charge on any atom is 0.152 e. The van der Waals surface area contributed by atoms with E-state index in [1.165, 1.54) is 0 Å². The van der Waals surface area contributed by atoms with E-state index < -0.39 is 0 Å². The molecule has 0 unspecified atom stereocenters. The highest BCUT2D eigenvalue weighted by Gasteiger charge is 2.04. The lowest BCUT2D eigenvalue weighted by molar-refractivity contribution is 0.475. The first-order valence-electron chi connectivity index (χ1n) is 5.52. The van der Waals surface area contributed by atoms with Crippen molar-refractivity contribution in [2.45, 2.75) is 0 Å². The predicted octanol–water partition coefficient (Wildman–Crippen LogP) is 2.18. The minimum absolute atomic E-state index is 0.0498. The molecule has 0 atom stereocenters. The fraction of sp³-hybridized carbons (Fsp3) is 0.143. The van der Waals surface area contributed by atoms with Gasteiger partial charge in [0.05, 0.1) is 5.70 Å². The molecule has 5 heteroatoms. The molecule has 5 nitrogen and oxygen atoms in total. The molecule has 96 valence electrons. The summed E-state index contributed by atoms with van der Waals surface area (Å²) in [6, 6.07) is 10.3. The van der Waals surface area contributed by atoms with E-state index in [1.54, 1.807) is 55.5 Å². The molecule has 0 aromatic heterocycles. The second-order valence-electron chi connectivity index (χ2n) is 3.90. The zero-order valence-electron chi connectivity index (χ0n) is 10.8. The Morgan fingerprint density at radius 3 is 2.26 bits per heavy atom. The zero-order valence-corrected chi connectivity index (χ0v) is 10.8. The molecular weight excluding hydrogens is 240 g/mol. The lowest BCUT2D eigenvalue weighted by Gasteiger charge is -2.13. The molecule has 0 saturated heterocycles. The van der Waals surface area contributed by atoms with Gasteiger partial charge in [-0.25, -0.2) is 0 Å². The van der Waals surface area contributed by atoms with Gasteiger partial charge in [0.25, 0.3) is 0 Å². The van der Waals surface area contributed by atoms with E-state index >= 15 is 0 Å². The summed E-state index contributed by atoms with van der Waals surface area (Å²) in [7, 11) is 3.52. The van der Waals surface area contributed by atoms with Gasteiger partial charge in [-0.1, -0.05) is 0 Å². The van der Waals surface area contributed by atoms with Gasteiger partial charge >= 0.3 is 0 Å². The second kappa shape index (κ2) is 6.73. The molecule has 0 bridgehead atoms. The number of nitrogens with zero attached hydrogens (tertiary/aromatic N) is 3. The van der Waals surface area contributed by atoms with Crippen LogP contribution in [-0.4, -0.2) is 24.1 Å². The van der Waals surface area contributed by atoms with Gasteiger partial charge in [-0.2, -0.15) is 10.5 Å². The van der Waals surface area contributed by atoms with E-state index in [0.717, 1.165) is 5.69 Å². The quantitative estimate of drug-likeness (QED) is 0.489. The summed E-state index contributed by atoms with van der Waals surface area (Å²) >= 11 is 0. The van der Waals surface area contributed by atoms with Crippen molar-refractivity contribution in [1.82, 2.24) is 4.90 Å². The van der Waals surface area contributed by atoms with Crippen molar-refractivity contribution in [3.8, 4) is 17.9 Å². The van der Waals surface area contributed by atoms with Crippen LogP contribution in [0.15, 0.2) is 47.8 Å². The minimum atomic E-state index is 0.0498. The lowest BCUT2D eigenvalue weighted by Crippen LogP contribution is -2.11. The Labute approximate surface area is 112 Å². The average molecular weight is 254 g/mol. The topological polar surface area (TPSA) is 83.1 Å². The lowest BCUT2D eigenvalue weighted by atomic mass is 10.2. The molecule has 0 amide bonds. The highest BCUT2D eigenvalue weighted by atomic mass is 16.3. The second-order valence-corrected chi connectivity index (χ2v) is 3.90. The molecule has 0 aliphatic heterocycles. The van der Waals surface area contributed by atoms with Crippen molar-refractivity contribution >= 4 is 5.69 Å². The molecular formula is C14H14N4O. The summed E-state index contributed by atoms with van der Waals surface area (Å²) in [6.07, 6.45) is 3.28. The van der Waals surface area contributed by atoms with Crippen molar-refractivity contribution in [3.63, 3.8) is 0 Å². The molecule has 0 fully saturated rings. The molecule has 1 aromatic rings. The third-order valence-electron chi connectivity index (χ3n) is 2.32. The van der Waals surface area contributed by atoms with Crippen LogP contribution in [0.1, 0.15) is 0 Å². The Morgan fingerprint density at radius 2 is 1.79 bits per heavy atom. The number of allylic oxidation sites excluding steroid dienone is 2. The number of rotatable bonds is 4. The van der Waals surface area contributed by atoms with Crippen LogP contribution in [0, 0.1) is 22.7 Å². The number of benzene rings is 1. The Balaban J connectivity index is 2.85. The van der Waals surface area contributed by atoms with Crippen molar-refractivity contribution < 1.29 is 5.11 Å². The van der Waals surface area contributed by atoms with Crippen molar-refractivity contribution in [2.24, 2.45) is 0 Å². The Kier molecular flexibility index (Phi) is 5.01. The van der Waals surface area contributed by atoms with Crippen molar-refractivity contribution in [2.75, 3.05) is 19.4 Å². The summed E-state index contributed by atoms with van der Waals surface area (Å²) in [5, 5.41) is 29.8. The number of phenols is 1. The van der Waals surface area contributed by atoms with Crippen LogP contribution in [0.4, 0.5) is 5.69 Å². The number of nitriles is 2. The number of anilines is 1. The highest BCUT2D eigenvalue weighted by Crippen LogP contribution is 2.14. The first-order chi connectivity index (χ1) is 9.08. The third-order valence-corrected chi connectivity index (χ3v) is 2.32. The summed E-state index contributed by atoms with van der Waals surface area (Å²) < 4.78 is 0. The molecule has 0 aliphatic carbocycles. The first kappa shape index (κ1) is 14.1. The number of likely N-dealkylation sites (N-methyl/N-ethyl adjacent to an activating group) is 1. The third kappa shape index (κ3) is 4.10. The van der Waals surface area contributed by atoms with Gasteiger partial charge in [0, 0.05) is 26.0 Å². The Hall–Kier alpha value is -2.92. The van der Waals surface area contributed by atoms with E-state index in [2.05, 4.69) is 5.32 Å². The number of aromatic hydroxyl groups is 1. The minimum Gasteiger partial charge on any atom is -0.508 e. The molecule has 1 aromatic carbocycles. The molecule has 0 aliphatic rings. The summed E-state index contributed by atoms with van der Waals surface area (Å²) in [4.78, 5) is 1.69. The molecule has 1 rings (SSSR count). The van der Waals surface area contributed by atoms with E-state index in [-0.39, 0.29) is 11.3 Å². The highest BCUT2D eigenvalue weighted by molar-refractivity contribution is 5.50. The molecule has 19 heavy (non-hydrogen) atoms. The van der Waals surface area contributed by atoms with Crippen LogP contribution < -0.4 is 5.32 Å². The van der Waals surface area contributed by atoms with Crippen LogP contribution in [0.2, 0.25) is 0 Å². The number of nitrogens with one attached hydrogen (secondary N) is 1. The van der Waals surface area contributed by atoms with Gasteiger partial charge in [-0.15, -0.1) is 0 Å². The maximum atomic E-state index is 9.15. The first-order valence-corrected chi connectivity index (χ1v) is 5.52. The standard InChI is InChI=1S/C14H14N4O/c1-18(2)14(11(9-15)10-16)7-8-17-12-3-5-13(19)6-4-12/h3-8,17,19H,1-2H3. The van der Waals surface area contributed by atoms with E-state index in [1.807, 2.05) is 12.1 Å². The largest absolute Gasteiger partial charge is 0.508 e. The fourth-order valence-corrected chi connectivity index (χ4v) is 1.37. The Bertz CT molecular complexity index is 555. The number of hydrogen-bond acceptors (Lipinski definition) is 5. The molecule has 0 saturated carbocycles. The van der Waals surface area contributed by atoms with Crippen LogP contribution in [0.3, 0.4) is 0 Å². The van der Waals surface area contributed by atoms with Crippen molar-refractivity contribution in [1.29, 1.82) is 10.5 Å². The number of hydrogen-bond donors (Lipinski definition) is 2. The summed E-state index contributed by atoms with van der Waals surface area (Å²) in [6.45, 7) is 0. The van der Waals surface area contributed by atoms with Gasteiger partial charge < -0.3 is 15.3 Å². The molecule has 0 radical (unpaired) electrons. The summed E-state index contributed by atoms with van der Waals surface area (Å²) in [5.41, 5.74) is 1.37. The predicted molar refractivity (Wildman–Crippen MR) is 72.8 cm³/mol. The van der Waals surface area contributed by atoms with Crippen LogP contribution in [-0.2, 0) is 0 Å². The monoisotopic (exact) mass is 254 g/mol. The molecule has 2 N–H and O–H groups in total. The average Bonchev–Trinajstić information content (AvgIpc) is 2.40. The van der Waals surface area contributed by atoms with Gasteiger partial charge in [0.1, 0.15) is 17.9 Å². The van der Waals surface area contributed by atoms with Crippen LogP contribution >= 0.6 is 0 Å². The van der Waals surface area contributed by atoms with Crippen LogP contribution in [0.25, 0.3) is 0 Å². The maximum absolute atomic E-state index is 9.15. The van der Waals surface area contributed by atoms with E-state index in [0.29, 0.717) is 5.70 Å². The fourth-order valence-electron chi connectivity index (χ4n) is 1.37. The van der Waals surface area contributed by atoms with E-state index in [9.17, 15) is 0 Å². The van der Waals surface area contributed by atoms with Crippen LogP contribution in [0.5, 0.6) is 5.75 Å². The van der Waals surface area contributed by atoms with Gasteiger partial charge in [0.15, 0.2) is 5.57 Å².